The summed E-state index contributed by atoms with van der Waals surface area (Å²) in [6.45, 7) is 2.70. The highest BCUT2D eigenvalue weighted by molar-refractivity contribution is 7.80. The number of hydrogen-bond donors (Lipinski definition) is 2. The Morgan fingerprint density at radius 2 is 1.90 bits per heavy atom. The molecule has 154 valence electrons. The fourth-order valence-electron chi connectivity index (χ4n) is 3.81. The van der Waals surface area contributed by atoms with E-state index in [1.165, 1.54) is 12.1 Å². The van der Waals surface area contributed by atoms with Crippen molar-refractivity contribution in [3.63, 3.8) is 0 Å². The number of halogens is 2. The Morgan fingerprint density at radius 3 is 2.52 bits per heavy atom. The fourth-order valence-corrected chi connectivity index (χ4v) is 4.26. The molecule has 1 fully saturated rings. The van der Waals surface area contributed by atoms with E-state index >= 15 is 0 Å². The van der Waals surface area contributed by atoms with Crippen LogP contribution in [0.25, 0.3) is 0 Å². The van der Waals surface area contributed by atoms with E-state index in [-0.39, 0.29) is 11.2 Å². The molecule has 0 atom stereocenters. The predicted octanol–water partition coefficient (Wildman–Crippen LogP) is 5.45. The van der Waals surface area contributed by atoms with Crippen molar-refractivity contribution in [1.82, 2.24) is 5.32 Å². The Labute approximate surface area is 180 Å². The molecule has 0 saturated heterocycles. The Balaban J connectivity index is 1.63. The maximum Gasteiger partial charge on any atom is 0.339 e. The van der Waals surface area contributed by atoms with E-state index in [9.17, 15) is 9.18 Å². The van der Waals surface area contributed by atoms with Crippen LogP contribution in [0.4, 0.5) is 10.1 Å². The Bertz CT molecular complexity index is 883. The Kier molecular flexibility index (Phi) is 7.09. The number of nitrogens with one attached hydrogen (secondary N) is 2. The average molecular weight is 435 g/mol. The van der Waals surface area contributed by atoms with Crippen LogP contribution in [0, 0.1) is 5.82 Å². The quantitative estimate of drug-likeness (QED) is 0.467. The summed E-state index contributed by atoms with van der Waals surface area (Å²) in [5.41, 5.74) is 2.08. The van der Waals surface area contributed by atoms with Crippen LogP contribution in [0.1, 0.15) is 48.5 Å². The third-order valence-electron chi connectivity index (χ3n) is 5.33. The molecular formula is C22H24ClFN2O2S. The van der Waals surface area contributed by atoms with Crippen LogP contribution >= 0.6 is 23.8 Å². The molecule has 0 bridgehead atoms. The molecular weight excluding hydrogens is 411 g/mol. The van der Waals surface area contributed by atoms with Crippen LogP contribution in [-0.2, 0) is 10.2 Å². The second-order valence-electron chi connectivity index (χ2n) is 7.22. The van der Waals surface area contributed by atoms with Crippen LogP contribution in [-0.4, -0.2) is 24.2 Å². The average Bonchev–Trinajstić information content (AvgIpc) is 3.17. The van der Waals surface area contributed by atoms with E-state index in [0.717, 1.165) is 31.2 Å². The summed E-state index contributed by atoms with van der Waals surface area (Å²) in [5.74, 6) is -0.678. The lowest BCUT2D eigenvalue weighted by molar-refractivity contribution is 0.0526. The van der Waals surface area contributed by atoms with Crippen molar-refractivity contribution in [3.8, 4) is 0 Å². The highest BCUT2D eigenvalue weighted by Gasteiger charge is 2.35. The number of carbonyl (C=O) groups is 1. The van der Waals surface area contributed by atoms with E-state index < -0.39 is 5.97 Å². The highest BCUT2D eigenvalue weighted by Crippen LogP contribution is 2.40. The van der Waals surface area contributed by atoms with Crippen LogP contribution in [0.15, 0.2) is 42.5 Å². The number of thiocarbonyl (C=S) groups is 1. The van der Waals surface area contributed by atoms with Crippen molar-refractivity contribution < 1.29 is 13.9 Å². The summed E-state index contributed by atoms with van der Waals surface area (Å²) >= 11 is 11.6. The zero-order valence-corrected chi connectivity index (χ0v) is 17.8. The normalized spacial score (nSPS) is 15.0. The number of hydrogen-bond acceptors (Lipinski definition) is 3. The second kappa shape index (κ2) is 9.55. The fraction of sp³-hybridized carbons (Fsp3) is 0.364. The molecule has 29 heavy (non-hydrogen) atoms. The molecule has 4 nitrogen and oxygen atoms in total. The molecule has 1 saturated carbocycles. The molecule has 2 N–H and O–H groups in total. The molecule has 0 radical (unpaired) electrons. The summed E-state index contributed by atoms with van der Waals surface area (Å²) in [6, 6.07) is 11.8. The first-order valence-corrected chi connectivity index (χ1v) is 10.5. The number of carbonyl (C=O) groups excluding carboxylic acids is 1. The van der Waals surface area contributed by atoms with Gasteiger partial charge >= 0.3 is 5.97 Å². The maximum absolute atomic E-state index is 13.3. The van der Waals surface area contributed by atoms with Crippen molar-refractivity contribution >= 4 is 40.6 Å². The van der Waals surface area contributed by atoms with Gasteiger partial charge in [0.05, 0.1) is 17.2 Å². The highest BCUT2D eigenvalue weighted by atomic mass is 35.5. The molecule has 0 heterocycles. The van der Waals surface area contributed by atoms with Crippen molar-refractivity contribution in [3.05, 3.63) is 64.4 Å². The predicted molar refractivity (Wildman–Crippen MR) is 118 cm³/mol. The van der Waals surface area contributed by atoms with Gasteiger partial charge in [-0.3, -0.25) is 0 Å². The molecule has 1 aliphatic rings. The van der Waals surface area contributed by atoms with E-state index in [0.29, 0.717) is 34.5 Å². The van der Waals surface area contributed by atoms with Crippen LogP contribution < -0.4 is 10.6 Å². The van der Waals surface area contributed by atoms with Crippen LogP contribution in [0.2, 0.25) is 5.02 Å². The molecule has 1 aliphatic carbocycles. The van der Waals surface area contributed by atoms with Gasteiger partial charge in [-0.2, -0.15) is 0 Å². The van der Waals surface area contributed by atoms with E-state index in [4.69, 9.17) is 28.6 Å². The summed E-state index contributed by atoms with van der Waals surface area (Å²) in [4.78, 5) is 11.9. The standard InChI is InChI=1S/C22H24ClFN2O2S/c1-2-28-20(27)18-10-9-17(13-19(18)23)26-21(29)25-14-22(11-3-4-12-22)15-5-7-16(24)8-6-15/h5-10,13H,2-4,11-12,14H2,1H3,(H2,25,26,29). The summed E-state index contributed by atoms with van der Waals surface area (Å²) < 4.78 is 18.3. The number of benzene rings is 2. The number of rotatable bonds is 6. The first-order chi connectivity index (χ1) is 13.9. The Morgan fingerprint density at radius 1 is 1.21 bits per heavy atom. The van der Waals surface area contributed by atoms with Gasteiger partial charge in [0, 0.05) is 17.6 Å². The lowest BCUT2D eigenvalue weighted by Crippen LogP contribution is -2.40. The minimum atomic E-state index is -0.452. The van der Waals surface area contributed by atoms with Gasteiger partial charge in [-0.05, 0) is 67.9 Å². The first-order valence-electron chi connectivity index (χ1n) is 9.71. The van der Waals surface area contributed by atoms with Crippen molar-refractivity contribution in [2.75, 3.05) is 18.5 Å². The molecule has 0 spiro atoms. The molecule has 7 heteroatoms. The third kappa shape index (κ3) is 5.25. The zero-order valence-electron chi connectivity index (χ0n) is 16.3. The largest absolute Gasteiger partial charge is 0.462 e. The van der Waals surface area contributed by atoms with Gasteiger partial charge in [-0.15, -0.1) is 0 Å². The van der Waals surface area contributed by atoms with E-state index in [1.54, 1.807) is 25.1 Å². The van der Waals surface area contributed by atoms with Crippen molar-refractivity contribution in [2.45, 2.75) is 38.0 Å². The minimum Gasteiger partial charge on any atom is -0.462 e. The molecule has 0 unspecified atom stereocenters. The van der Waals surface area contributed by atoms with Gasteiger partial charge in [0.1, 0.15) is 5.82 Å². The maximum atomic E-state index is 13.3. The minimum absolute atomic E-state index is 0.0507. The lowest BCUT2D eigenvalue weighted by atomic mass is 9.79. The van der Waals surface area contributed by atoms with Gasteiger partial charge in [0.2, 0.25) is 0 Å². The summed E-state index contributed by atoms with van der Waals surface area (Å²) in [5, 5.41) is 7.17. The number of esters is 1. The number of anilines is 1. The SMILES string of the molecule is CCOC(=O)c1ccc(NC(=S)NCC2(c3ccc(F)cc3)CCCC2)cc1Cl. The van der Waals surface area contributed by atoms with Crippen LogP contribution in [0.3, 0.4) is 0 Å². The second-order valence-corrected chi connectivity index (χ2v) is 8.03. The number of ether oxygens (including phenoxy) is 1. The van der Waals surface area contributed by atoms with Crippen molar-refractivity contribution in [2.24, 2.45) is 0 Å². The van der Waals surface area contributed by atoms with E-state index in [1.807, 2.05) is 12.1 Å². The van der Waals surface area contributed by atoms with Gasteiger partial charge in [0.15, 0.2) is 5.11 Å². The molecule has 0 aromatic heterocycles. The summed E-state index contributed by atoms with van der Waals surface area (Å²) in [7, 11) is 0. The van der Waals surface area contributed by atoms with Crippen molar-refractivity contribution in [1.29, 1.82) is 0 Å². The van der Waals surface area contributed by atoms with Gasteiger partial charge in [-0.25, -0.2) is 9.18 Å². The molecule has 3 rings (SSSR count). The molecule has 2 aromatic rings. The smallest absolute Gasteiger partial charge is 0.339 e. The van der Waals surface area contributed by atoms with Gasteiger partial charge in [0.25, 0.3) is 0 Å². The Hall–Kier alpha value is -2.18. The molecule has 0 amide bonds. The first kappa shape index (κ1) is 21.5. The zero-order chi connectivity index (χ0) is 20.9. The van der Waals surface area contributed by atoms with Crippen LogP contribution in [0.5, 0.6) is 0 Å². The topological polar surface area (TPSA) is 50.4 Å². The monoisotopic (exact) mass is 434 g/mol. The molecule has 0 aliphatic heterocycles. The lowest BCUT2D eigenvalue weighted by Gasteiger charge is -2.30. The third-order valence-corrected chi connectivity index (χ3v) is 5.89. The van der Waals surface area contributed by atoms with Gasteiger partial charge in [-0.1, -0.05) is 36.6 Å². The summed E-state index contributed by atoms with van der Waals surface area (Å²) in [6.07, 6.45) is 4.36. The molecule has 2 aromatic carbocycles. The van der Waals surface area contributed by atoms with E-state index in [2.05, 4.69) is 10.6 Å². The van der Waals surface area contributed by atoms with Gasteiger partial charge < -0.3 is 15.4 Å².